The first-order valence-corrected chi connectivity index (χ1v) is 10.8. The summed E-state index contributed by atoms with van der Waals surface area (Å²) < 4.78 is 16.6. The molecule has 1 aliphatic rings. The van der Waals surface area contributed by atoms with Crippen molar-refractivity contribution < 1.29 is 23.8 Å². The highest BCUT2D eigenvalue weighted by Crippen LogP contribution is 2.37. The Labute approximate surface area is 182 Å². The van der Waals surface area contributed by atoms with Crippen LogP contribution in [-0.2, 0) is 14.3 Å². The second kappa shape index (κ2) is 10.7. The number of carbonyl (C=O) groups excluding carboxylic acids is 2. The van der Waals surface area contributed by atoms with Gasteiger partial charge in [0.1, 0.15) is 0 Å². The summed E-state index contributed by atoms with van der Waals surface area (Å²) in [5.41, 5.74) is 0.800. The van der Waals surface area contributed by atoms with Crippen molar-refractivity contribution >= 4 is 57.5 Å². The summed E-state index contributed by atoms with van der Waals surface area (Å²) in [4.78, 5) is 30.8. The van der Waals surface area contributed by atoms with Crippen molar-refractivity contribution in [1.82, 2.24) is 4.90 Å². The van der Waals surface area contributed by atoms with Crippen molar-refractivity contribution in [3.63, 3.8) is 0 Å². The van der Waals surface area contributed by atoms with E-state index in [-0.39, 0.29) is 12.5 Å². The van der Waals surface area contributed by atoms with E-state index >= 15 is 0 Å². The zero-order valence-corrected chi connectivity index (χ0v) is 19.3. The monoisotopic (exact) mass is 518 g/mol. The molecule has 0 bridgehead atoms. The van der Waals surface area contributed by atoms with Gasteiger partial charge in [0.25, 0.3) is 5.91 Å². The molecule has 9 heteroatoms. The Morgan fingerprint density at radius 2 is 2.07 bits per heavy atom. The first-order valence-electron chi connectivity index (χ1n) is 8.86. The van der Waals surface area contributed by atoms with E-state index in [1.807, 2.05) is 26.0 Å². The molecule has 2 rings (SSSR count). The number of halogens is 1. The van der Waals surface area contributed by atoms with E-state index in [9.17, 15) is 9.59 Å². The van der Waals surface area contributed by atoms with Crippen molar-refractivity contribution in [1.29, 1.82) is 0 Å². The van der Waals surface area contributed by atoms with Crippen LogP contribution < -0.4 is 9.47 Å². The molecule has 1 saturated heterocycles. The lowest BCUT2D eigenvalue weighted by atomic mass is 10.2. The van der Waals surface area contributed by atoms with Crippen LogP contribution >= 0.6 is 34.4 Å². The molecule has 0 aromatic heterocycles. The van der Waals surface area contributed by atoms with Crippen LogP contribution in [-0.4, -0.2) is 55.4 Å². The molecule has 1 fully saturated rings. The van der Waals surface area contributed by atoms with Crippen molar-refractivity contribution in [2.75, 3.05) is 33.4 Å². The van der Waals surface area contributed by atoms with Gasteiger partial charge in [-0.05, 0) is 78.9 Å². The minimum Gasteiger partial charge on any atom is -0.493 e. The number of benzene rings is 1. The number of ether oxygens (including phenoxy) is 3. The molecular weight excluding hydrogens is 495 g/mol. The summed E-state index contributed by atoms with van der Waals surface area (Å²) in [5.74, 6) is 0.443. The number of hydrogen-bond acceptors (Lipinski definition) is 7. The molecule has 0 spiro atoms. The Morgan fingerprint density at radius 3 is 2.68 bits per heavy atom. The molecule has 0 aliphatic carbocycles. The zero-order valence-electron chi connectivity index (χ0n) is 16.3. The van der Waals surface area contributed by atoms with Crippen LogP contribution in [0.1, 0.15) is 26.3 Å². The second-order valence-corrected chi connectivity index (χ2v) is 7.72. The number of amides is 1. The highest BCUT2D eigenvalue weighted by molar-refractivity contribution is 14.1. The van der Waals surface area contributed by atoms with Crippen molar-refractivity contribution in [2.24, 2.45) is 4.99 Å². The summed E-state index contributed by atoms with van der Waals surface area (Å²) >= 11 is 3.48. The zero-order chi connectivity index (χ0) is 20.7. The molecule has 0 unspecified atom stereocenters. The van der Waals surface area contributed by atoms with Gasteiger partial charge in [0.15, 0.2) is 23.3 Å². The fourth-order valence-corrected chi connectivity index (χ4v) is 4.37. The highest BCUT2D eigenvalue weighted by atomic mass is 127. The predicted octanol–water partition coefficient (Wildman–Crippen LogP) is 3.55. The number of amidine groups is 1. The maximum Gasteiger partial charge on any atom is 0.344 e. The van der Waals surface area contributed by atoms with Gasteiger partial charge in [0, 0.05) is 13.1 Å². The highest BCUT2D eigenvalue weighted by Gasteiger charge is 2.31. The number of esters is 1. The third-order valence-corrected chi connectivity index (χ3v) is 5.53. The van der Waals surface area contributed by atoms with Gasteiger partial charge in [-0.15, -0.1) is 0 Å². The van der Waals surface area contributed by atoms with Gasteiger partial charge in [-0.2, -0.15) is 0 Å². The molecule has 1 aromatic rings. The third-order valence-electron chi connectivity index (χ3n) is 3.69. The molecule has 0 radical (unpaired) electrons. The topological polar surface area (TPSA) is 77.4 Å². The molecule has 7 nitrogen and oxygen atoms in total. The number of hydrogen-bond donors (Lipinski definition) is 0. The largest absolute Gasteiger partial charge is 0.493 e. The van der Waals surface area contributed by atoms with Gasteiger partial charge >= 0.3 is 5.97 Å². The molecular formula is C19H23IN2O5S. The quantitative estimate of drug-likeness (QED) is 0.298. The van der Waals surface area contributed by atoms with Crippen LogP contribution in [0.3, 0.4) is 0 Å². The first-order chi connectivity index (χ1) is 13.4. The Balaban J connectivity index is 2.29. The van der Waals surface area contributed by atoms with Crippen molar-refractivity contribution in [3.8, 4) is 11.5 Å². The minimum atomic E-state index is -0.443. The SMILES string of the molecule is CCN=C1S/C(=C\c2cc(I)c(OCC(=O)OCC)c(OC)c2)C(=O)N1CC. The average Bonchev–Trinajstić information content (AvgIpc) is 2.95. The molecule has 1 amide bonds. The number of methoxy groups -OCH3 is 1. The molecule has 0 N–H and O–H groups in total. The van der Waals surface area contributed by atoms with Crippen LogP contribution in [0.15, 0.2) is 22.0 Å². The van der Waals surface area contributed by atoms with E-state index in [1.165, 1.54) is 18.9 Å². The van der Waals surface area contributed by atoms with Crippen LogP contribution in [0, 0.1) is 3.57 Å². The summed E-state index contributed by atoms with van der Waals surface area (Å²) in [6, 6.07) is 3.64. The normalized spacial score (nSPS) is 16.8. The average molecular weight is 518 g/mol. The number of aliphatic imine (C=N–C) groups is 1. The maximum absolute atomic E-state index is 12.6. The van der Waals surface area contributed by atoms with Crippen LogP contribution in [0.4, 0.5) is 0 Å². The van der Waals surface area contributed by atoms with Crippen LogP contribution in [0.25, 0.3) is 6.08 Å². The van der Waals surface area contributed by atoms with Crippen molar-refractivity contribution in [2.45, 2.75) is 20.8 Å². The standard InChI is InChI=1S/C19H23IN2O5S/c1-5-21-19-22(6-2)18(24)15(28-19)10-12-8-13(20)17(14(9-12)25-4)27-11-16(23)26-7-3/h8-10H,5-7,11H2,1-4H3/b15-10-,21-19?. The number of nitrogens with zero attached hydrogens (tertiary/aromatic N) is 2. The van der Waals surface area contributed by atoms with E-state index in [0.29, 0.717) is 36.1 Å². The summed E-state index contributed by atoms with van der Waals surface area (Å²) in [6.45, 7) is 6.90. The number of rotatable bonds is 8. The molecule has 1 aliphatic heterocycles. The molecule has 0 atom stereocenters. The van der Waals surface area contributed by atoms with E-state index in [1.54, 1.807) is 17.9 Å². The third kappa shape index (κ3) is 5.40. The Kier molecular flexibility index (Phi) is 8.61. The summed E-state index contributed by atoms with van der Waals surface area (Å²) in [6.07, 6.45) is 1.81. The van der Waals surface area contributed by atoms with E-state index in [0.717, 1.165) is 14.3 Å². The second-order valence-electron chi connectivity index (χ2n) is 5.54. The molecule has 152 valence electrons. The Morgan fingerprint density at radius 1 is 1.32 bits per heavy atom. The van der Waals surface area contributed by atoms with Gasteiger partial charge in [0.2, 0.25) is 0 Å². The lowest BCUT2D eigenvalue weighted by Crippen LogP contribution is -2.28. The van der Waals surface area contributed by atoms with Gasteiger partial charge < -0.3 is 14.2 Å². The van der Waals surface area contributed by atoms with Crippen molar-refractivity contribution in [3.05, 3.63) is 26.2 Å². The van der Waals surface area contributed by atoms with Gasteiger partial charge in [-0.3, -0.25) is 14.7 Å². The van der Waals surface area contributed by atoms with Crippen LogP contribution in [0.5, 0.6) is 11.5 Å². The molecule has 0 saturated carbocycles. The lowest BCUT2D eigenvalue weighted by molar-refractivity contribution is -0.145. The summed E-state index contributed by atoms with van der Waals surface area (Å²) in [7, 11) is 1.53. The van der Waals surface area contributed by atoms with Gasteiger partial charge in [-0.25, -0.2) is 4.79 Å². The number of thioether (sulfide) groups is 1. The smallest absolute Gasteiger partial charge is 0.344 e. The van der Waals surface area contributed by atoms with E-state index < -0.39 is 5.97 Å². The number of likely N-dealkylation sites (N-methyl/N-ethyl adjacent to an activating group) is 1. The van der Waals surface area contributed by atoms with E-state index in [2.05, 4.69) is 27.6 Å². The fourth-order valence-electron chi connectivity index (χ4n) is 2.49. The summed E-state index contributed by atoms with van der Waals surface area (Å²) in [5, 5.41) is 0.720. The molecule has 28 heavy (non-hydrogen) atoms. The molecule has 1 heterocycles. The minimum absolute atomic E-state index is 0.0590. The van der Waals surface area contributed by atoms with Crippen LogP contribution in [0.2, 0.25) is 0 Å². The molecule has 1 aromatic carbocycles. The van der Waals surface area contributed by atoms with Gasteiger partial charge in [0.05, 0.1) is 22.2 Å². The Bertz CT molecular complexity index is 810. The first kappa shape index (κ1) is 22.5. The predicted molar refractivity (Wildman–Crippen MR) is 119 cm³/mol. The van der Waals surface area contributed by atoms with Gasteiger partial charge in [-0.1, -0.05) is 0 Å². The maximum atomic E-state index is 12.6. The fraction of sp³-hybridized carbons (Fsp3) is 0.421. The number of carbonyl (C=O) groups is 2. The van der Waals surface area contributed by atoms with E-state index in [4.69, 9.17) is 14.2 Å². The lowest BCUT2D eigenvalue weighted by Gasteiger charge is -2.13. The Hall–Kier alpha value is -1.75.